The third kappa shape index (κ3) is 2.69. The lowest BCUT2D eigenvalue weighted by molar-refractivity contribution is -0.0979. The van der Waals surface area contributed by atoms with Crippen LogP contribution in [-0.4, -0.2) is 16.8 Å². The summed E-state index contributed by atoms with van der Waals surface area (Å²) in [6.45, 7) is 2.00. The van der Waals surface area contributed by atoms with Crippen LogP contribution < -0.4 is 0 Å². The molecule has 0 radical (unpaired) electrons. The molecular formula is C4H6N2O. The molecule has 0 aromatic carbocycles. The monoisotopic (exact) mass is 98.0 g/mol. The van der Waals surface area contributed by atoms with Crippen molar-refractivity contribution in [2.45, 2.75) is 0 Å². The largest absolute Gasteiger partial charge is 0.351 e. The molecule has 3 heteroatoms. The topological polar surface area (TPSA) is 45.8 Å². The molecule has 0 aliphatic heterocycles. The molecule has 7 heavy (non-hydrogen) atoms. The molecule has 1 rings (SSSR count). The van der Waals surface area contributed by atoms with E-state index in [1.807, 2.05) is 6.79 Å². The Bertz CT molecular complexity index is 76.6. The third-order valence-electron chi connectivity index (χ3n) is 0.406. The predicted octanol–water partition coefficient (Wildman–Crippen LogP) is 0.225. The molecule has 1 aromatic heterocycles. The number of hydrogen-bond donors (Lipinski definition) is 1. The van der Waals surface area contributed by atoms with Gasteiger partial charge in [-0.3, -0.25) is 0 Å². The quantitative estimate of drug-likeness (QED) is 0.504. The summed E-state index contributed by atoms with van der Waals surface area (Å²) in [5, 5.41) is 0. The van der Waals surface area contributed by atoms with E-state index in [0.29, 0.717) is 0 Å². The summed E-state index contributed by atoms with van der Waals surface area (Å²) >= 11 is 0. The lowest BCUT2D eigenvalue weighted by Crippen LogP contribution is -1.44. The zero-order valence-corrected chi connectivity index (χ0v) is 3.79. The molecule has 1 aromatic rings. The first kappa shape index (κ1) is 5.88. The number of rotatable bonds is 0. The van der Waals surface area contributed by atoms with Crippen molar-refractivity contribution >= 4 is 6.79 Å². The van der Waals surface area contributed by atoms with Gasteiger partial charge in [-0.15, -0.1) is 0 Å². The number of carbonyl (C=O) groups is 1. The Balaban J connectivity index is 0.000000162. The number of nitrogens with one attached hydrogen (secondary N) is 1. The van der Waals surface area contributed by atoms with E-state index in [2.05, 4.69) is 9.97 Å². The normalized spacial score (nSPS) is 6.29. The molecule has 0 atom stereocenters. The van der Waals surface area contributed by atoms with Crippen molar-refractivity contribution in [1.29, 1.82) is 0 Å². The van der Waals surface area contributed by atoms with E-state index in [4.69, 9.17) is 4.79 Å². The molecule has 0 spiro atoms. The van der Waals surface area contributed by atoms with Gasteiger partial charge in [0.1, 0.15) is 6.79 Å². The van der Waals surface area contributed by atoms with Gasteiger partial charge in [-0.1, -0.05) is 0 Å². The summed E-state index contributed by atoms with van der Waals surface area (Å²) in [4.78, 5) is 14.4. The number of carbonyl (C=O) groups excluding carboxylic acids is 1. The number of imidazole rings is 1. The number of hydrogen-bond acceptors (Lipinski definition) is 2. The Morgan fingerprint density at radius 2 is 2.29 bits per heavy atom. The second-order valence-electron chi connectivity index (χ2n) is 0.761. The molecule has 0 aliphatic carbocycles. The predicted molar refractivity (Wildman–Crippen MR) is 25.7 cm³/mol. The van der Waals surface area contributed by atoms with Gasteiger partial charge in [-0.05, 0) is 0 Å². The van der Waals surface area contributed by atoms with E-state index >= 15 is 0 Å². The van der Waals surface area contributed by atoms with Gasteiger partial charge in [0.25, 0.3) is 0 Å². The van der Waals surface area contributed by atoms with E-state index in [9.17, 15) is 0 Å². The second kappa shape index (κ2) is 4.88. The fraction of sp³-hybridized carbons (Fsp3) is 0. The molecule has 0 unspecified atom stereocenters. The van der Waals surface area contributed by atoms with Crippen molar-refractivity contribution in [3.8, 4) is 0 Å². The average molecular weight is 98.1 g/mol. The van der Waals surface area contributed by atoms with Crippen LogP contribution in [0.4, 0.5) is 0 Å². The van der Waals surface area contributed by atoms with Gasteiger partial charge in [-0.2, -0.15) is 0 Å². The molecule has 0 aliphatic rings. The van der Waals surface area contributed by atoms with Crippen LogP contribution in [0.15, 0.2) is 18.7 Å². The molecule has 0 fully saturated rings. The fourth-order valence-corrected chi connectivity index (χ4v) is 0.215. The molecule has 3 nitrogen and oxygen atoms in total. The van der Waals surface area contributed by atoms with Crippen LogP contribution >= 0.6 is 0 Å². The Labute approximate surface area is 41.4 Å². The van der Waals surface area contributed by atoms with E-state index in [0.717, 1.165) is 0 Å². The Hall–Kier alpha value is -1.12. The van der Waals surface area contributed by atoms with Crippen LogP contribution in [0.1, 0.15) is 0 Å². The van der Waals surface area contributed by atoms with Crippen molar-refractivity contribution in [2.24, 2.45) is 0 Å². The van der Waals surface area contributed by atoms with Gasteiger partial charge < -0.3 is 9.78 Å². The highest BCUT2D eigenvalue weighted by atomic mass is 16.1. The van der Waals surface area contributed by atoms with E-state index in [1.54, 1.807) is 18.7 Å². The lowest BCUT2D eigenvalue weighted by atomic mass is 11.0. The number of H-pyrrole nitrogens is 1. The molecule has 0 bridgehead atoms. The summed E-state index contributed by atoms with van der Waals surface area (Å²) in [7, 11) is 0. The van der Waals surface area contributed by atoms with Crippen LogP contribution in [0, 0.1) is 0 Å². The number of aromatic amines is 1. The number of aromatic nitrogens is 2. The van der Waals surface area contributed by atoms with Gasteiger partial charge in [0, 0.05) is 12.4 Å². The summed E-state index contributed by atoms with van der Waals surface area (Å²) < 4.78 is 0. The van der Waals surface area contributed by atoms with Crippen LogP contribution in [0.3, 0.4) is 0 Å². The molecule has 0 saturated carbocycles. The summed E-state index contributed by atoms with van der Waals surface area (Å²) in [5.74, 6) is 0. The third-order valence-corrected chi connectivity index (χ3v) is 0.406. The zero-order chi connectivity index (χ0) is 5.54. The van der Waals surface area contributed by atoms with Gasteiger partial charge in [0.2, 0.25) is 0 Å². The maximum absolute atomic E-state index is 8.00. The summed E-state index contributed by atoms with van der Waals surface area (Å²) in [6, 6.07) is 0. The van der Waals surface area contributed by atoms with Gasteiger partial charge in [-0.25, -0.2) is 4.98 Å². The highest BCUT2D eigenvalue weighted by Crippen LogP contribution is 1.62. The Morgan fingerprint density at radius 3 is 2.43 bits per heavy atom. The smallest absolute Gasteiger partial charge is 0.106 e. The first-order chi connectivity index (χ1) is 3.50. The highest BCUT2D eigenvalue weighted by Gasteiger charge is 1.56. The van der Waals surface area contributed by atoms with E-state index in [1.165, 1.54) is 0 Å². The lowest BCUT2D eigenvalue weighted by Gasteiger charge is -1.46. The van der Waals surface area contributed by atoms with Crippen molar-refractivity contribution in [2.75, 3.05) is 0 Å². The van der Waals surface area contributed by atoms with Crippen molar-refractivity contribution < 1.29 is 4.79 Å². The summed E-state index contributed by atoms with van der Waals surface area (Å²) in [5.41, 5.74) is 0. The van der Waals surface area contributed by atoms with Crippen molar-refractivity contribution in [3.05, 3.63) is 18.7 Å². The summed E-state index contributed by atoms with van der Waals surface area (Å²) in [6.07, 6.45) is 5.08. The van der Waals surface area contributed by atoms with Crippen LogP contribution in [0.25, 0.3) is 0 Å². The SMILES string of the molecule is C=O.c1c[nH]cn1. The van der Waals surface area contributed by atoms with Crippen LogP contribution in [0.2, 0.25) is 0 Å². The van der Waals surface area contributed by atoms with Crippen LogP contribution in [-0.2, 0) is 4.79 Å². The van der Waals surface area contributed by atoms with E-state index in [-0.39, 0.29) is 0 Å². The van der Waals surface area contributed by atoms with Gasteiger partial charge in [0.05, 0.1) is 6.33 Å². The molecule has 38 valence electrons. The maximum atomic E-state index is 8.00. The number of nitrogens with zero attached hydrogens (tertiary/aromatic N) is 1. The minimum absolute atomic E-state index is 1.62. The van der Waals surface area contributed by atoms with Crippen molar-refractivity contribution in [3.63, 3.8) is 0 Å². The minimum atomic E-state index is 1.62. The highest BCUT2D eigenvalue weighted by molar-refractivity contribution is 5.10. The Kier molecular flexibility index (Phi) is 4.10. The first-order valence-corrected chi connectivity index (χ1v) is 1.72. The average Bonchev–Trinajstić information content (AvgIpc) is 2.23. The second-order valence-corrected chi connectivity index (χ2v) is 0.761. The zero-order valence-electron chi connectivity index (χ0n) is 3.79. The van der Waals surface area contributed by atoms with Crippen molar-refractivity contribution in [1.82, 2.24) is 9.97 Å². The van der Waals surface area contributed by atoms with E-state index < -0.39 is 0 Å². The fourth-order valence-electron chi connectivity index (χ4n) is 0.215. The molecule has 0 saturated heterocycles. The molecule has 1 heterocycles. The first-order valence-electron chi connectivity index (χ1n) is 1.72. The van der Waals surface area contributed by atoms with Gasteiger partial charge in [0.15, 0.2) is 0 Å². The minimum Gasteiger partial charge on any atom is -0.351 e. The molecule has 0 amide bonds. The van der Waals surface area contributed by atoms with Gasteiger partial charge >= 0.3 is 0 Å². The molecule has 1 N–H and O–H groups in total. The van der Waals surface area contributed by atoms with Crippen LogP contribution in [0.5, 0.6) is 0 Å². The Morgan fingerprint density at radius 1 is 1.57 bits per heavy atom. The standard InChI is InChI=1S/C3H4N2.CH2O/c1-2-5-3-4-1;1-2/h1-3H,(H,4,5);1H2. The molecular weight excluding hydrogens is 92.1 g/mol. The maximum Gasteiger partial charge on any atom is 0.106 e.